The Morgan fingerprint density at radius 1 is 0.818 bits per heavy atom. The standard InChI is InChI=1S/C19H16N2O/c1-19(15-11-10-13-6-2-3-7-14(13)12-15)20-17-9-5-4-8-16(17)18(22)21-19/h2-12,20H,1H3,(H,21,22). The van der Waals surface area contributed by atoms with Gasteiger partial charge in [-0.05, 0) is 41.5 Å². The van der Waals surface area contributed by atoms with Crippen LogP contribution in [0.15, 0.2) is 66.7 Å². The minimum Gasteiger partial charge on any atom is -0.359 e. The van der Waals surface area contributed by atoms with Gasteiger partial charge in [0.2, 0.25) is 0 Å². The third kappa shape index (κ3) is 1.94. The van der Waals surface area contributed by atoms with Crippen LogP contribution in [0.2, 0.25) is 0 Å². The van der Waals surface area contributed by atoms with Gasteiger partial charge >= 0.3 is 0 Å². The van der Waals surface area contributed by atoms with Gasteiger partial charge in [0.05, 0.1) is 5.56 Å². The predicted octanol–water partition coefficient (Wildman–Crippen LogP) is 3.87. The zero-order valence-corrected chi connectivity index (χ0v) is 12.3. The van der Waals surface area contributed by atoms with E-state index in [1.54, 1.807) is 0 Å². The monoisotopic (exact) mass is 288 g/mol. The molecule has 1 atom stereocenters. The maximum atomic E-state index is 12.4. The number of rotatable bonds is 1. The Hall–Kier alpha value is -2.81. The number of para-hydroxylation sites is 1. The molecule has 4 rings (SSSR count). The van der Waals surface area contributed by atoms with Crippen molar-refractivity contribution in [1.82, 2.24) is 5.32 Å². The number of fused-ring (bicyclic) bond motifs is 2. The molecule has 0 saturated heterocycles. The summed E-state index contributed by atoms with van der Waals surface area (Å²) in [7, 11) is 0. The quantitative estimate of drug-likeness (QED) is 0.713. The second kappa shape index (κ2) is 4.60. The van der Waals surface area contributed by atoms with Crippen molar-refractivity contribution >= 4 is 22.4 Å². The molecule has 2 N–H and O–H groups in total. The van der Waals surface area contributed by atoms with Gasteiger partial charge < -0.3 is 10.6 Å². The van der Waals surface area contributed by atoms with Crippen LogP contribution in [0.4, 0.5) is 5.69 Å². The first-order chi connectivity index (χ1) is 10.7. The number of hydrogen-bond acceptors (Lipinski definition) is 2. The average Bonchev–Trinajstić information content (AvgIpc) is 2.54. The van der Waals surface area contributed by atoms with Crippen molar-refractivity contribution in [2.75, 3.05) is 5.32 Å². The van der Waals surface area contributed by atoms with Crippen molar-refractivity contribution in [3.05, 3.63) is 77.9 Å². The summed E-state index contributed by atoms with van der Waals surface area (Å²) < 4.78 is 0. The van der Waals surface area contributed by atoms with Gasteiger partial charge in [-0.1, -0.05) is 48.5 Å². The summed E-state index contributed by atoms with van der Waals surface area (Å²) in [5.41, 5.74) is 1.96. The molecule has 0 aromatic heterocycles. The number of carbonyl (C=O) groups is 1. The molecule has 1 heterocycles. The van der Waals surface area contributed by atoms with Gasteiger partial charge in [0, 0.05) is 5.69 Å². The van der Waals surface area contributed by atoms with E-state index in [0.717, 1.165) is 16.6 Å². The van der Waals surface area contributed by atoms with Crippen LogP contribution in [0, 0.1) is 0 Å². The normalized spacial score (nSPS) is 20.1. The van der Waals surface area contributed by atoms with E-state index in [4.69, 9.17) is 0 Å². The van der Waals surface area contributed by atoms with E-state index in [-0.39, 0.29) is 5.91 Å². The Labute approximate surface area is 129 Å². The van der Waals surface area contributed by atoms with E-state index in [2.05, 4.69) is 41.0 Å². The molecule has 3 aromatic carbocycles. The molecule has 0 spiro atoms. The van der Waals surface area contributed by atoms with E-state index >= 15 is 0 Å². The molecule has 1 aliphatic rings. The molecule has 3 nitrogen and oxygen atoms in total. The molecule has 3 aromatic rings. The van der Waals surface area contributed by atoms with Crippen LogP contribution in [0.1, 0.15) is 22.8 Å². The van der Waals surface area contributed by atoms with Gasteiger partial charge in [-0.15, -0.1) is 0 Å². The highest BCUT2D eigenvalue weighted by molar-refractivity contribution is 6.02. The van der Waals surface area contributed by atoms with Crippen molar-refractivity contribution < 1.29 is 4.79 Å². The van der Waals surface area contributed by atoms with Crippen LogP contribution in [0.5, 0.6) is 0 Å². The third-order valence-electron chi connectivity index (χ3n) is 4.25. The highest BCUT2D eigenvalue weighted by atomic mass is 16.2. The fourth-order valence-electron chi connectivity index (χ4n) is 3.03. The minimum absolute atomic E-state index is 0.0509. The first-order valence-corrected chi connectivity index (χ1v) is 7.35. The maximum absolute atomic E-state index is 12.4. The summed E-state index contributed by atoms with van der Waals surface area (Å²) >= 11 is 0. The number of nitrogens with one attached hydrogen (secondary N) is 2. The highest BCUT2D eigenvalue weighted by Gasteiger charge is 2.34. The minimum atomic E-state index is -0.616. The van der Waals surface area contributed by atoms with Crippen molar-refractivity contribution in [1.29, 1.82) is 0 Å². The number of anilines is 1. The number of benzene rings is 3. The SMILES string of the molecule is CC1(c2ccc3ccccc3c2)NC(=O)c2ccccc2N1. The fourth-order valence-corrected chi connectivity index (χ4v) is 3.03. The molecule has 0 aliphatic carbocycles. The molecule has 1 unspecified atom stereocenters. The first-order valence-electron chi connectivity index (χ1n) is 7.35. The summed E-state index contributed by atoms with van der Waals surface area (Å²) in [5, 5.41) is 8.89. The molecular weight excluding hydrogens is 272 g/mol. The Morgan fingerprint density at radius 3 is 2.41 bits per heavy atom. The van der Waals surface area contributed by atoms with Crippen molar-refractivity contribution in [2.45, 2.75) is 12.6 Å². The first kappa shape index (κ1) is 12.9. The van der Waals surface area contributed by atoms with Crippen LogP contribution < -0.4 is 10.6 Å². The van der Waals surface area contributed by atoms with Crippen LogP contribution in [0.25, 0.3) is 10.8 Å². The molecule has 1 amide bonds. The van der Waals surface area contributed by atoms with Crippen molar-refractivity contribution in [3.63, 3.8) is 0 Å². The smallest absolute Gasteiger partial charge is 0.255 e. The maximum Gasteiger partial charge on any atom is 0.255 e. The van der Waals surface area contributed by atoms with Crippen LogP contribution >= 0.6 is 0 Å². The largest absolute Gasteiger partial charge is 0.359 e. The third-order valence-corrected chi connectivity index (χ3v) is 4.25. The van der Waals surface area contributed by atoms with Gasteiger partial charge in [-0.3, -0.25) is 4.79 Å². The zero-order valence-electron chi connectivity index (χ0n) is 12.3. The summed E-state index contributed by atoms with van der Waals surface area (Å²) in [6.45, 7) is 1.99. The summed E-state index contributed by atoms with van der Waals surface area (Å²) in [5.74, 6) is -0.0509. The summed E-state index contributed by atoms with van der Waals surface area (Å²) in [6.07, 6.45) is 0. The molecule has 3 heteroatoms. The Bertz CT molecular complexity index is 887. The Kier molecular flexibility index (Phi) is 2.70. The summed E-state index contributed by atoms with van der Waals surface area (Å²) in [4.78, 5) is 12.4. The van der Waals surface area contributed by atoms with Crippen molar-refractivity contribution in [3.8, 4) is 0 Å². The van der Waals surface area contributed by atoms with Gasteiger partial charge in [-0.25, -0.2) is 0 Å². The number of amides is 1. The van der Waals surface area contributed by atoms with E-state index in [9.17, 15) is 4.79 Å². The van der Waals surface area contributed by atoms with E-state index in [1.165, 1.54) is 5.39 Å². The van der Waals surface area contributed by atoms with Crippen LogP contribution in [0.3, 0.4) is 0 Å². The lowest BCUT2D eigenvalue weighted by atomic mass is 9.94. The fraction of sp³-hybridized carbons (Fsp3) is 0.105. The topological polar surface area (TPSA) is 41.1 Å². The molecule has 108 valence electrons. The molecule has 22 heavy (non-hydrogen) atoms. The Balaban J connectivity index is 1.82. The second-order valence-electron chi connectivity index (χ2n) is 5.81. The molecule has 0 fully saturated rings. The predicted molar refractivity (Wildman–Crippen MR) is 88.8 cm³/mol. The van der Waals surface area contributed by atoms with E-state index in [0.29, 0.717) is 5.56 Å². The molecule has 0 bridgehead atoms. The molecule has 0 saturated carbocycles. The van der Waals surface area contributed by atoms with Gasteiger partial charge in [-0.2, -0.15) is 0 Å². The summed E-state index contributed by atoms with van der Waals surface area (Å²) in [6, 6.07) is 22.1. The lowest BCUT2D eigenvalue weighted by Gasteiger charge is -2.38. The van der Waals surface area contributed by atoms with Gasteiger partial charge in [0.1, 0.15) is 5.66 Å². The van der Waals surface area contributed by atoms with Crippen LogP contribution in [-0.2, 0) is 5.66 Å². The van der Waals surface area contributed by atoms with Crippen molar-refractivity contribution in [2.24, 2.45) is 0 Å². The van der Waals surface area contributed by atoms with Crippen LogP contribution in [-0.4, -0.2) is 5.91 Å². The second-order valence-corrected chi connectivity index (χ2v) is 5.81. The zero-order chi connectivity index (χ0) is 15.2. The number of carbonyl (C=O) groups excluding carboxylic acids is 1. The van der Waals surface area contributed by atoms with E-state index in [1.807, 2.05) is 43.3 Å². The lowest BCUT2D eigenvalue weighted by molar-refractivity contribution is 0.0906. The van der Waals surface area contributed by atoms with E-state index < -0.39 is 5.66 Å². The Morgan fingerprint density at radius 2 is 1.55 bits per heavy atom. The molecular formula is C19H16N2O. The molecule has 1 aliphatic heterocycles. The average molecular weight is 288 g/mol. The lowest BCUT2D eigenvalue weighted by Crippen LogP contribution is -2.52. The number of hydrogen-bond donors (Lipinski definition) is 2. The molecule has 0 radical (unpaired) electrons. The van der Waals surface area contributed by atoms with Gasteiger partial charge in [0.15, 0.2) is 0 Å². The highest BCUT2D eigenvalue weighted by Crippen LogP contribution is 2.32. The van der Waals surface area contributed by atoms with Gasteiger partial charge in [0.25, 0.3) is 5.91 Å².